The van der Waals surface area contributed by atoms with E-state index in [1.54, 1.807) is 0 Å². The van der Waals surface area contributed by atoms with Crippen LogP contribution in [0.15, 0.2) is 0 Å². The Kier molecular flexibility index (Phi) is 8.13. The van der Waals surface area contributed by atoms with Crippen LogP contribution in [0, 0.1) is 5.92 Å². The van der Waals surface area contributed by atoms with Crippen molar-refractivity contribution in [3.8, 4) is 0 Å². The summed E-state index contributed by atoms with van der Waals surface area (Å²) < 4.78 is 30.9. The molecule has 0 aromatic carbocycles. The highest BCUT2D eigenvalue weighted by atomic mass is 32.2. The number of carboxylic acid groups (broad SMARTS) is 1. The highest BCUT2D eigenvalue weighted by Crippen LogP contribution is 2.09. The third-order valence-electron chi connectivity index (χ3n) is 2.36. The van der Waals surface area contributed by atoms with Crippen LogP contribution in [0.2, 0.25) is 0 Å². The van der Waals surface area contributed by atoms with E-state index in [0.717, 1.165) is 0 Å². The fourth-order valence-corrected chi connectivity index (χ4v) is 2.86. The van der Waals surface area contributed by atoms with Crippen molar-refractivity contribution in [3.05, 3.63) is 0 Å². The number of nitrogens with one attached hydrogen (secondary N) is 1. The van der Waals surface area contributed by atoms with Gasteiger partial charge in [-0.3, -0.25) is 4.79 Å². The molecule has 0 aliphatic rings. The van der Waals surface area contributed by atoms with Crippen LogP contribution in [0.3, 0.4) is 0 Å². The van der Waals surface area contributed by atoms with Crippen molar-refractivity contribution in [1.29, 1.82) is 0 Å². The first-order valence-corrected chi connectivity index (χ1v) is 7.64. The van der Waals surface area contributed by atoms with Gasteiger partial charge in [-0.15, -0.1) is 0 Å². The number of rotatable bonds is 10. The summed E-state index contributed by atoms with van der Waals surface area (Å²) in [5.74, 6) is -0.657. The molecular formula is C11H23NO5S. The van der Waals surface area contributed by atoms with Gasteiger partial charge in [0.25, 0.3) is 0 Å². The third kappa shape index (κ3) is 9.38. The van der Waals surface area contributed by atoms with E-state index in [4.69, 9.17) is 9.84 Å². The van der Waals surface area contributed by atoms with Crippen LogP contribution in [-0.2, 0) is 19.6 Å². The molecule has 0 fully saturated rings. The molecule has 2 N–H and O–H groups in total. The van der Waals surface area contributed by atoms with Crippen LogP contribution >= 0.6 is 0 Å². The van der Waals surface area contributed by atoms with E-state index < -0.39 is 16.0 Å². The highest BCUT2D eigenvalue weighted by Gasteiger charge is 2.19. The predicted molar refractivity (Wildman–Crippen MR) is 68.9 cm³/mol. The number of aliphatic carboxylic acids is 1. The number of methoxy groups -OCH3 is 1. The normalized spacial score (nSPS) is 13.8. The summed E-state index contributed by atoms with van der Waals surface area (Å²) >= 11 is 0. The van der Waals surface area contributed by atoms with Gasteiger partial charge in [0.2, 0.25) is 10.0 Å². The summed E-state index contributed by atoms with van der Waals surface area (Å²) in [5, 5.41) is 8.43. The first kappa shape index (κ1) is 17.3. The summed E-state index contributed by atoms with van der Waals surface area (Å²) in [6.07, 6.45) is 0.590. The zero-order chi connectivity index (χ0) is 14.2. The first-order valence-electron chi connectivity index (χ1n) is 5.98. The van der Waals surface area contributed by atoms with Crippen LogP contribution in [0.25, 0.3) is 0 Å². The molecule has 18 heavy (non-hydrogen) atoms. The molecule has 1 unspecified atom stereocenters. The largest absolute Gasteiger partial charge is 0.481 e. The van der Waals surface area contributed by atoms with Crippen molar-refractivity contribution < 1.29 is 23.1 Å². The standard InChI is InChI=1S/C11H23NO5S/c1-9(2)7-10(17-3)8-18(15,16)12-6-4-5-11(13)14/h9-10,12H,4-8H2,1-3H3,(H,13,14). The van der Waals surface area contributed by atoms with Crippen LogP contribution in [0.1, 0.15) is 33.1 Å². The average Bonchev–Trinajstić information content (AvgIpc) is 2.22. The maximum Gasteiger partial charge on any atom is 0.303 e. The first-order chi connectivity index (χ1) is 8.26. The molecule has 6 nitrogen and oxygen atoms in total. The fraction of sp³-hybridized carbons (Fsp3) is 0.909. The second kappa shape index (κ2) is 8.44. The molecule has 0 amide bonds. The summed E-state index contributed by atoms with van der Waals surface area (Å²) in [4.78, 5) is 10.3. The van der Waals surface area contributed by atoms with Crippen LogP contribution in [0.4, 0.5) is 0 Å². The van der Waals surface area contributed by atoms with Gasteiger partial charge in [0.15, 0.2) is 0 Å². The number of hydrogen-bond acceptors (Lipinski definition) is 4. The summed E-state index contributed by atoms with van der Waals surface area (Å²) in [5.41, 5.74) is 0. The van der Waals surface area contributed by atoms with E-state index in [0.29, 0.717) is 12.3 Å². The van der Waals surface area contributed by atoms with Gasteiger partial charge in [-0.1, -0.05) is 13.8 Å². The molecule has 1 atom stereocenters. The van der Waals surface area contributed by atoms with Crippen LogP contribution in [0.5, 0.6) is 0 Å². The van der Waals surface area contributed by atoms with Gasteiger partial charge in [0.1, 0.15) is 0 Å². The van der Waals surface area contributed by atoms with E-state index in [1.807, 2.05) is 13.8 Å². The van der Waals surface area contributed by atoms with E-state index in [-0.39, 0.29) is 31.2 Å². The van der Waals surface area contributed by atoms with Crippen molar-refractivity contribution >= 4 is 16.0 Å². The molecule has 0 aromatic heterocycles. The average molecular weight is 281 g/mol. The minimum Gasteiger partial charge on any atom is -0.481 e. The molecule has 0 saturated carbocycles. The van der Waals surface area contributed by atoms with Crippen molar-refractivity contribution in [2.45, 2.75) is 39.2 Å². The molecule has 0 aromatic rings. The quantitative estimate of drug-likeness (QED) is 0.579. The second-order valence-corrected chi connectivity index (χ2v) is 6.51. The van der Waals surface area contributed by atoms with E-state index in [1.165, 1.54) is 7.11 Å². The maximum atomic E-state index is 11.7. The number of sulfonamides is 1. The number of carbonyl (C=O) groups is 1. The van der Waals surface area contributed by atoms with Crippen LogP contribution in [-0.4, -0.2) is 45.0 Å². The molecule has 0 spiro atoms. The molecule has 108 valence electrons. The molecule has 0 aliphatic carbocycles. The Balaban J connectivity index is 4.08. The Morgan fingerprint density at radius 1 is 1.39 bits per heavy atom. The lowest BCUT2D eigenvalue weighted by atomic mass is 10.1. The molecular weight excluding hydrogens is 258 g/mol. The second-order valence-electron chi connectivity index (χ2n) is 4.66. The van der Waals surface area contributed by atoms with Crippen LogP contribution < -0.4 is 4.72 Å². The monoisotopic (exact) mass is 281 g/mol. The highest BCUT2D eigenvalue weighted by molar-refractivity contribution is 7.89. The van der Waals surface area contributed by atoms with Crippen molar-refractivity contribution in [1.82, 2.24) is 4.72 Å². The van der Waals surface area contributed by atoms with Crippen molar-refractivity contribution in [2.75, 3.05) is 19.4 Å². The summed E-state index contributed by atoms with van der Waals surface area (Å²) in [6.45, 7) is 4.14. The predicted octanol–water partition coefficient (Wildman–Crippen LogP) is 0.832. The van der Waals surface area contributed by atoms with Gasteiger partial charge in [0, 0.05) is 20.1 Å². The Labute approximate surface area is 109 Å². The topological polar surface area (TPSA) is 92.7 Å². The molecule has 7 heteroatoms. The van der Waals surface area contributed by atoms with Gasteiger partial charge in [0.05, 0.1) is 11.9 Å². The Morgan fingerprint density at radius 2 is 2.00 bits per heavy atom. The lowest BCUT2D eigenvalue weighted by Gasteiger charge is -2.17. The van der Waals surface area contributed by atoms with Gasteiger partial charge < -0.3 is 9.84 Å². The van der Waals surface area contributed by atoms with Crippen molar-refractivity contribution in [3.63, 3.8) is 0 Å². The SMILES string of the molecule is COC(CC(C)C)CS(=O)(=O)NCCCC(=O)O. The molecule has 0 saturated heterocycles. The van der Waals surface area contributed by atoms with E-state index in [2.05, 4.69) is 4.72 Å². The Hall–Kier alpha value is -0.660. The van der Waals surface area contributed by atoms with Crippen molar-refractivity contribution in [2.24, 2.45) is 5.92 Å². The van der Waals surface area contributed by atoms with E-state index >= 15 is 0 Å². The Bertz CT molecular complexity index is 339. The lowest BCUT2D eigenvalue weighted by molar-refractivity contribution is -0.137. The molecule has 0 heterocycles. The minimum absolute atomic E-state index is 0.0395. The molecule has 0 aliphatic heterocycles. The minimum atomic E-state index is -3.40. The molecule has 0 radical (unpaired) electrons. The smallest absolute Gasteiger partial charge is 0.303 e. The zero-order valence-electron chi connectivity index (χ0n) is 11.2. The van der Waals surface area contributed by atoms with Gasteiger partial charge in [-0.05, 0) is 18.8 Å². The summed E-state index contributed by atoms with van der Waals surface area (Å²) in [7, 11) is -1.91. The van der Waals surface area contributed by atoms with Gasteiger partial charge >= 0.3 is 5.97 Å². The maximum absolute atomic E-state index is 11.7. The van der Waals surface area contributed by atoms with E-state index in [9.17, 15) is 13.2 Å². The number of hydrogen-bond donors (Lipinski definition) is 2. The van der Waals surface area contributed by atoms with Gasteiger partial charge in [-0.2, -0.15) is 0 Å². The molecule has 0 rings (SSSR count). The summed E-state index contributed by atoms with van der Waals surface area (Å²) in [6, 6.07) is 0. The lowest BCUT2D eigenvalue weighted by Crippen LogP contribution is -2.34. The zero-order valence-corrected chi connectivity index (χ0v) is 12.0. The molecule has 0 bridgehead atoms. The Morgan fingerprint density at radius 3 is 2.44 bits per heavy atom. The fourth-order valence-electron chi connectivity index (χ4n) is 1.53. The number of carboxylic acids is 1. The van der Waals surface area contributed by atoms with Gasteiger partial charge in [-0.25, -0.2) is 13.1 Å². The third-order valence-corrected chi connectivity index (χ3v) is 3.82. The number of ether oxygens (including phenoxy) is 1.